The van der Waals surface area contributed by atoms with Crippen LogP contribution in [0.15, 0.2) is 0 Å². The molecule has 0 fully saturated rings. The van der Waals surface area contributed by atoms with E-state index in [1.807, 2.05) is 0 Å². The van der Waals surface area contributed by atoms with Crippen LogP contribution < -0.4 is 5.32 Å². The molecule has 3 nitrogen and oxygen atoms in total. The minimum absolute atomic E-state index is 0.449. The molecule has 1 aromatic heterocycles. The maximum Gasteiger partial charge on any atom is 0.131 e. The van der Waals surface area contributed by atoms with Crippen LogP contribution in [0.5, 0.6) is 0 Å². The van der Waals surface area contributed by atoms with Gasteiger partial charge in [-0.05, 0) is 38.8 Å². The highest BCUT2D eigenvalue weighted by Gasteiger charge is 2.12. The predicted molar refractivity (Wildman–Crippen MR) is 77.1 cm³/mol. The van der Waals surface area contributed by atoms with Crippen LogP contribution >= 0.6 is 0 Å². The third kappa shape index (κ3) is 4.05. The highest BCUT2D eigenvalue weighted by atomic mass is 14.9. The molecular formula is C15H27N3. The lowest BCUT2D eigenvalue weighted by Crippen LogP contribution is -2.25. The fourth-order valence-electron chi connectivity index (χ4n) is 2.02. The lowest BCUT2D eigenvalue weighted by Gasteiger charge is -2.14. The Labute approximate surface area is 111 Å². The van der Waals surface area contributed by atoms with Crippen LogP contribution in [0.2, 0.25) is 0 Å². The Morgan fingerprint density at radius 2 is 1.61 bits per heavy atom. The fourth-order valence-corrected chi connectivity index (χ4v) is 2.02. The quantitative estimate of drug-likeness (QED) is 0.841. The summed E-state index contributed by atoms with van der Waals surface area (Å²) in [5.41, 5.74) is 3.59. The van der Waals surface area contributed by atoms with Crippen LogP contribution in [0.25, 0.3) is 0 Å². The van der Waals surface area contributed by atoms with E-state index in [9.17, 15) is 0 Å². The summed E-state index contributed by atoms with van der Waals surface area (Å²) in [6.45, 7) is 13.9. The fraction of sp³-hybridized carbons (Fsp3) is 0.733. The molecule has 0 aliphatic carbocycles. The molecule has 1 N–H and O–H groups in total. The average molecular weight is 249 g/mol. The van der Waals surface area contributed by atoms with Gasteiger partial charge in [0.05, 0.1) is 0 Å². The standard InChI is InChI=1S/C15H27N3/c1-7-11(4)15-17-12(5)14(13(6)18-15)8-9-16-10(2)3/h10-11,16H,7-9H2,1-6H3. The Balaban J connectivity index is 2.81. The van der Waals surface area contributed by atoms with E-state index in [0.29, 0.717) is 12.0 Å². The molecule has 0 aliphatic rings. The lowest BCUT2D eigenvalue weighted by atomic mass is 10.1. The summed E-state index contributed by atoms with van der Waals surface area (Å²) in [6.07, 6.45) is 2.10. The zero-order valence-corrected chi connectivity index (χ0v) is 12.7. The summed E-state index contributed by atoms with van der Waals surface area (Å²) < 4.78 is 0. The Morgan fingerprint density at radius 3 is 2.06 bits per heavy atom. The molecule has 0 saturated carbocycles. The van der Waals surface area contributed by atoms with Crippen LogP contribution in [0.3, 0.4) is 0 Å². The number of hydrogen-bond acceptors (Lipinski definition) is 3. The van der Waals surface area contributed by atoms with Crippen molar-refractivity contribution in [3.8, 4) is 0 Å². The van der Waals surface area contributed by atoms with E-state index in [-0.39, 0.29) is 0 Å². The molecule has 0 saturated heterocycles. The molecule has 1 heterocycles. The van der Waals surface area contributed by atoms with Crippen LogP contribution in [0.4, 0.5) is 0 Å². The minimum atomic E-state index is 0.449. The van der Waals surface area contributed by atoms with Gasteiger partial charge in [-0.15, -0.1) is 0 Å². The zero-order chi connectivity index (χ0) is 13.7. The predicted octanol–water partition coefficient (Wildman–Crippen LogP) is 3.15. The highest BCUT2D eigenvalue weighted by Crippen LogP contribution is 2.18. The van der Waals surface area contributed by atoms with E-state index in [4.69, 9.17) is 0 Å². The minimum Gasteiger partial charge on any atom is -0.314 e. The van der Waals surface area contributed by atoms with Gasteiger partial charge in [0.25, 0.3) is 0 Å². The molecule has 3 heteroatoms. The van der Waals surface area contributed by atoms with Gasteiger partial charge >= 0.3 is 0 Å². The molecule has 1 atom stereocenters. The second-order valence-electron chi connectivity index (χ2n) is 5.40. The van der Waals surface area contributed by atoms with Crippen molar-refractivity contribution < 1.29 is 0 Å². The Morgan fingerprint density at radius 1 is 1.06 bits per heavy atom. The average Bonchev–Trinajstić information content (AvgIpc) is 2.31. The molecular weight excluding hydrogens is 222 g/mol. The smallest absolute Gasteiger partial charge is 0.131 e. The second-order valence-corrected chi connectivity index (χ2v) is 5.40. The molecule has 0 radical (unpaired) electrons. The summed E-state index contributed by atoms with van der Waals surface area (Å²) in [5.74, 6) is 1.44. The Bertz CT molecular complexity index is 362. The van der Waals surface area contributed by atoms with E-state index in [0.717, 1.165) is 36.6 Å². The third-order valence-electron chi connectivity index (χ3n) is 3.42. The number of rotatable bonds is 6. The van der Waals surface area contributed by atoms with E-state index in [2.05, 4.69) is 56.8 Å². The topological polar surface area (TPSA) is 37.8 Å². The van der Waals surface area contributed by atoms with Crippen molar-refractivity contribution in [2.24, 2.45) is 0 Å². The maximum atomic E-state index is 4.66. The van der Waals surface area contributed by atoms with Crippen molar-refractivity contribution in [2.45, 2.75) is 66.3 Å². The van der Waals surface area contributed by atoms with Gasteiger partial charge in [0.1, 0.15) is 5.82 Å². The number of nitrogens with one attached hydrogen (secondary N) is 1. The number of aryl methyl sites for hydroxylation is 2. The van der Waals surface area contributed by atoms with Gasteiger partial charge in [-0.2, -0.15) is 0 Å². The number of hydrogen-bond donors (Lipinski definition) is 1. The van der Waals surface area contributed by atoms with E-state index in [1.54, 1.807) is 0 Å². The summed E-state index contributed by atoms with van der Waals surface area (Å²) >= 11 is 0. The second kappa shape index (κ2) is 6.83. The van der Waals surface area contributed by atoms with Crippen molar-refractivity contribution in [2.75, 3.05) is 6.54 Å². The van der Waals surface area contributed by atoms with Crippen LogP contribution in [0.1, 0.15) is 62.8 Å². The van der Waals surface area contributed by atoms with Crippen molar-refractivity contribution in [1.29, 1.82) is 0 Å². The van der Waals surface area contributed by atoms with Crippen LogP contribution in [-0.4, -0.2) is 22.6 Å². The van der Waals surface area contributed by atoms with Crippen LogP contribution in [0, 0.1) is 13.8 Å². The van der Waals surface area contributed by atoms with Gasteiger partial charge in [0.15, 0.2) is 0 Å². The largest absolute Gasteiger partial charge is 0.314 e. The Hall–Kier alpha value is -0.960. The van der Waals surface area contributed by atoms with Crippen molar-refractivity contribution in [1.82, 2.24) is 15.3 Å². The molecule has 0 spiro atoms. The maximum absolute atomic E-state index is 4.66. The van der Waals surface area contributed by atoms with Gasteiger partial charge in [-0.1, -0.05) is 27.7 Å². The highest BCUT2D eigenvalue weighted by molar-refractivity contribution is 5.25. The summed E-state index contributed by atoms with van der Waals surface area (Å²) in [6, 6.07) is 0.533. The third-order valence-corrected chi connectivity index (χ3v) is 3.42. The number of nitrogens with zero attached hydrogens (tertiary/aromatic N) is 2. The molecule has 0 aliphatic heterocycles. The molecule has 1 rings (SSSR count). The lowest BCUT2D eigenvalue weighted by molar-refractivity contribution is 0.585. The van der Waals surface area contributed by atoms with Crippen molar-refractivity contribution >= 4 is 0 Å². The number of aromatic nitrogens is 2. The Kier molecular flexibility index (Phi) is 5.73. The van der Waals surface area contributed by atoms with Gasteiger partial charge in [0, 0.05) is 23.3 Å². The SMILES string of the molecule is CCC(C)c1nc(C)c(CCNC(C)C)c(C)n1. The summed E-state index contributed by atoms with van der Waals surface area (Å²) in [4.78, 5) is 9.33. The summed E-state index contributed by atoms with van der Waals surface area (Å²) in [5, 5.41) is 3.44. The van der Waals surface area contributed by atoms with Gasteiger partial charge < -0.3 is 5.32 Å². The first-order valence-corrected chi connectivity index (χ1v) is 7.03. The molecule has 1 aromatic rings. The molecule has 0 aromatic carbocycles. The van der Waals surface area contributed by atoms with Gasteiger partial charge in [-0.25, -0.2) is 9.97 Å². The normalized spacial score (nSPS) is 13.1. The summed E-state index contributed by atoms with van der Waals surface area (Å²) in [7, 11) is 0. The van der Waals surface area contributed by atoms with E-state index >= 15 is 0 Å². The van der Waals surface area contributed by atoms with E-state index in [1.165, 1.54) is 5.56 Å². The van der Waals surface area contributed by atoms with Crippen molar-refractivity contribution in [3.63, 3.8) is 0 Å². The molecule has 0 bridgehead atoms. The van der Waals surface area contributed by atoms with Gasteiger partial charge in [0.2, 0.25) is 0 Å². The van der Waals surface area contributed by atoms with Crippen molar-refractivity contribution in [3.05, 3.63) is 22.8 Å². The molecule has 18 heavy (non-hydrogen) atoms. The zero-order valence-electron chi connectivity index (χ0n) is 12.7. The van der Waals surface area contributed by atoms with E-state index < -0.39 is 0 Å². The van der Waals surface area contributed by atoms with Crippen LogP contribution in [-0.2, 0) is 6.42 Å². The first-order valence-electron chi connectivity index (χ1n) is 7.03. The monoisotopic (exact) mass is 249 g/mol. The first-order chi connectivity index (χ1) is 8.45. The molecule has 1 unspecified atom stereocenters. The molecule has 0 amide bonds. The first kappa shape index (κ1) is 15.1. The molecule has 102 valence electrons. The van der Waals surface area contributed by atoms with Gasteiger partial charge in [-0.3, -0.25) is 0 Å².